The zero-order valence-corrected chi connectivity index (χ0v) is 18.5. The highest BCUT2D eigenvalue weighted by atomic mass is 32.1. The Bertz CT molecular complexity index is 1010. The summed E-state index contributed by atoms with van der Waals surface area (Å²) >= 11 is 1.17. The van der Waals surface area contributed by atoms with Gasteiger partial charge in [-0.2, -0.15) is 13.2 Å². The molecule has 2 amide bonds. The number of alkyl halides is 3. The highest BCUT2D eigenvalue weighted by molar-refractivity contribution is 7.18. The van der Waals surface area contributed by atoms with Crippen molar-refractivity contribution in [2.45, 2.75) is 26.6 Å². The molecule has 3 rings (SSSR count). The number of rotatable bonds is 6. The number of carbonyl (C=O) groups is 2. The number of halogens is 3. The number of allylic oxidation sites excluding steroid dienone is 2. The number of amides is 2. The monoisotopic (exact) mass is 452 g/mol. The molecule has 1 fully saturated rings. The molecule has 6 nitrogen and oxygen atoms in total. The minimum Gasteiger partial charge on any atom is -0.381 e. The van der Waals surface area contributed by atoms with Crippen LogP contribution in [0.1, 0.15) is 33.4 Å². The van der Waals surface area contributed by atoms with Crippen molar-refractivity contribution in [2.75, 3.05) is 32.1 Å². The smallest absolute Gasteiger partial charge is 0.381 e. The molecule has 0 unspecified atom stereocenters. The molecule has 1 aliphatic rings. The second kappa shape index (κ2) is 8.70. The van der Waals surface area contributed by atoms with Crippen LogP contribution in [0.25, 0.3) is 0 Å². The molecule has 166 valence electrons. The van der Waals surface area contributed by atoms with Gasteiger partial charge in [-0.05, 0) is 31.5 Å². The van der Waals surface area contributed by atoms with Crippen LogP contribution in [0.4, 0.5) is 23.1 Å². The standard InChI is InChI=1S/C21H23F3N4O2S/c1-13(26(3)4)11-17(29)18-14(2)25-19(31-18)28-10-9-27(20(28)30)12-15-5-7-16(8-6-15)21(22,23)24/h5-8,11H,9-10,12H2,1-4H3. The first-order chi connectivity index (χ1) is 14.5. The molecular weight excluding hydrogens is 429 g/mol. The topological polar surface area (TPSA) is 56.8 Å². The third kappa shape index (κ3) is 5.07. The molecular formula is C21H23F3N4O2S. The second-order valence-electron chi connectivity index (χ2n) is 7.51. The summed E-state index contributed by atoms with van der Waals surface area (Å²) < 4.78 is 38.2. The van der Waals surface area contributed by atoms with E-state index in [1.807, 2.05) is 25.9 Å². The van der Waals surface area contributed by atoms with E-state index >= 15 is 0 Å². The molecule has 31 heavy (non-hydrogen) atoms. The van der Waals surface area contributed by atoms with Gasteiger partial charge in [0.05, 0.1) is 16.1 Å². The number of hydrogen-bond donors (Lipinski definition) is 0. The first-order valence-electron chi connectivity index (χ1n) is 9.57. The van der Waals surface area contributed by atoms with E-state index in [0.29, 0.717) is 34.4 Å². The molecule has 1 aromatic carbocycles. The van der Waals surface area contributed by atoms with Crippen LogP contribution in [-0.2, 0) is 12.7 Å². The summed E-state index contributed by atoms with van der Waals surface area (Å²) in [5.41, 5.74) is 1.25. The lowest BCUT2D eigenvalue weighted by atomic mass is 10.1. The number of ketones is 1. The molecule has 10 heteroatoms. The molecule has 0 aliphatic carbocycles. The Hall–Kier alpha value is -2.88. The first-order valence-corrected chi connectivity index (χ1v) is 10.4. The maximum Gasteiger partial charge on any atom is 0.416 e. The third-order valence-electron chi connectivity index (χ3n) is 5.04. The van der Waals surface area contributed by atoms with E-state index in [2.05, 4.69) is 4.98 Å². The summed E-state index contributed by atoms with van der Waals surface area (Å²) in [6.45, 7) is 4.58. The van der Waals surface area contributed by atoms with Gasteiger partial charge in [0, 0.05) is 45.5 Å². The molecule has 2 heterocycles. The maximum atomic E-state index is 12.8. The largest absolute Gasteiger partial charge is 0.416 e. The van der Waals surface area contributed by atoms with Crippen LogP contribution in [0.3, 0.4) is 0 Å². The maximum absolute atomic E-state index is 12.8. The van der Waals surface area contributed by atoms with Gasteiger partial charge in [0.15, 0.2) is 10.9 Å². The Balaban J connectivity index is 1.71. The molecule has 1 aromatic heterocycles. The van der Waals surface area contributed by atoms with E-state index in [1.54, 1.807) is 11.8 Å². The molecule has 2 aromatic rings. The predicted molar refractivity (Wildman–Crippen MR) is 113 cm³/mol. The summed E-state index contributed by atoms with van der Waals surface area (Å²) in [5.74, 6) is -0.166. The molecule has 0 saturated carbocycles. The van der Waals surface area contributed by atoms with E-state index in [0.717, 1.165) is 17.8 Å². The zero-order chi connectivity index (χ0) is 22.9. The average Bonchev–Trinajstić information content (AvgIpc) is 3.24. The van der Waals surface area contributed by atoms with Gasteiger partial charge < -0.3 is 9.80 Å². The Labute approximate surface area is 182 Å². The van der Waals surface area contributed by atoms with Crippen LogP contribution in [0, 0.1) is 6.92 Å². The average molecular weight is 453 g/mol. The molecule has 1 saturated heterocycles. The van der Waals surface area contributed by atoms with E-state index in [9.17, 15) is 22.8 Å². The number of carbonyl (C=O) groups excluding carboxylic acids is 2. The van der Waals surface area contributed by atoms with Gasteiger partial charge in [0.25, 0.3) is 0 Å². The summed E-state index contributed by atoms with van der Waals surface area (Å²) in [6, 6.07) is 4.50. The third-order valence-corrected chi connectivity index (χ3v) is 6.23. The minimum absolute atomic E-state index is 0.166. The quantitative estimate of drug-likeness (QED) is 0.476. The van der Waals surface area contributed by atoms with Crippen molar-refractivity contribution in [3.8, 4) is 0 Å². The fraction of sp³-hybridized carbons (Fsp3) is 0.381. The Morgan fingerprint density at radius 2 is 1.87 bits per heavy atom. The fourth-order valence-electron chi connectivity index (χ4n) is 3.04. The van der Waals surface area contributed by atoms with E-state index in [4.69, 9.17) is 0 Å². The lowest BCUT2D eigenvalue weighted by molar-refractivity contribution is -0.137. The van der Waals surface area contributed by atoms with Crippen LogP contribution in [0.5, 0.6) is 0 Å². The van der Waals surface area contributed by atoms with Gasteiger partial charge in [0.2, 0.25) is 0 Å². The van der Waals surface area contributed by atoms with Gasteiger partial charge in [-0.1, -0.05) is 23.5 Å². The predicted octanol–water partition coefficient (Wildman–Crippen LogP) is 4.56. The number of hydrogen-bond acceptors (Lipinski definition) is 5. The van der Waals surface area contributed by atoms with Crippen molar-refractivity contribution < 1.29 is 22.8 Å². The van der Waals surface area contributed by atoms with E-state index < -0.39 is 11.7 Å². The number of aromatic nitrogens is 1. The van der Waals surface area contributed by atoms with Crippen LogP contribution in [0.15, 0.2) is 36.0 Å². The first kappa shape index (κ1) is 22.8. The van der Waals surface area contributed by atoms with Gasteiger partial charge in [0.1, 0.15) is 0 Å². The van der Waals surface area contributed by atoms with Crippen LogP contribution in [0.2, 0.25) is 0 Å². The lowest BCUT2D eigenvalue weighted by Crippen LogP contribution is -2.31. The number of benzene rings is 1. The van der Waals surface area contributed by atoms with Crippen molar-refractivity contribution in [1.82, 2.24) is 14.8 Å². The fourth-order valence-corrected chi connectivity index (χ4v) is 4.03. The Kier molecular flexibility index (Phi) is 6.40. The number of anilines is 1. The van der Waals surface area contributed by atoms with Crippen molar-refractivity contribution in [3.63, 3.8) is 0 Å². The van der Waals surface area contributed by atoms with E-state index in [1.165, 1.54) is 34.4 Å². The van der Waals surface area contributed by atoms with Crippen molar-refractivity contribution in [1.29, 1.82) is 0 Å². The SMILES string of the molecule is CC(=CC(=O)c1sc(N2CCN(Cc3ccc(C(F)(F)F)cc3)C2=O)nc1C)N(C)C. The molecule has 0 bridgehead atoms. The molecule has 0 spiro atoms. The second-order valence-corrected chi connectivity index (χ2v) is 8.48. The molecule has 1 aliphatic heterocycles. The van der Waals surface area contributed by atoms with Crippen molar-refractivity contribution in [3.05, 3.63) is 57.7 Å². The van der Waals surface area contributed by atoms with Crippen LogP contribution >= 0.6 is 11.3 Å². The Morgan fingerprint density at radius 3 is 2.45 bits per heavy atom. The number of thiazole rings is 1. The summed E-state index contributed by atoms with van der Waals surface area (Å²) in [6.07, 6.45) is -2.86. The normalized spacial score (nSPS) is 15.1. The lowest BCUT2D eigenvalue weighted by Gasteiger charge is -2.17. The van der Waals surface area contributed by atoms with E-state index in [-0.39, 0.29) is 18.4 Å². The van der Waals surface area contributed by atoms with Crippen molar-refractivity contribution >= 4 is 28.3 Å². The molecule has 0 atom stereocenters. The van der Waals surface area contributed by atoms with Gasteiger partial charge in [-0.3, -0.25) is 9.69 Å². The van der Waals surface area contributed by atoms with Crippen LogP contribution < -0.4 is 4.90 Å². The highest BCUT2D eigenvalue weighted by Gasteiger charge is 2.33. The zero-order valence-electron chi connectivity index (χ0n) is 17.7. The summed E-state index contributed by atoms with van der Waals surface area (Å²) in [7, 11) is 3.69. The van der Waals surface area contributed by atoms with Crippen molar-refractivity contribution in [2.24, 2.45) is 0 Å². The summed E-state index contributed by atoms with van der Waals surface area (Å²) in [5, 5.41) is 0.441. The Morgan fingerprint density at radius 1 is 1.23 bits per heavy atom. The number of nitrogens with zero attached hydrogens (tertiary/aromatic N) is 4. The summed E-state index contributed by atoms with van der Waals surface area (Å²) in [4.78, 5) is 35.2. The van der Waals surface area contributed by atoms with Gasteiger partial charge >= 0.3 is 12.2 Å². The van der Waals surface area contributed by atoms with Crippen LogP contribution in [-0.4, -0.2) is 53.8 Å². The van der Waals surface area contributed by atoms with Gasteiger partial charge in [-0.25, -0.2) is 9.78 Å². The molecule has 0 radical (unpaired) electrons. The number of urea groups is 1. The number of aryl methyl sites for hydroxylation is 1. The molecule has 0 N–H and O–H groups in total. The van der Waals surface area contributed by atoms with Gasteiger partial charge in [-0.15, -0.1) is 0 Å². The highest BCUT2D eigenvalue weighted by Crippen LogP contribution is 2.31. The minimum atomic E-state index is -4.39.